The number of rotatable bonds is 7. The first kappa shape index (κ1) is 21.2. The summed E-state index contributed by atoms with van der Waals surface area (Å²) in [5.41, 5.74) is 2.42. The Kier molecular flexibility index (Phi) is 8.06. The average molecular weight is 392 g/mol. The fraction of sp³-hybridized carbons (Fsp3) is 0.350. The highest BCUT2D eigenvalue weighted by molar-refractivity contribution is 6.04. The second kappa shape index (κ2) is 10.3. The molecule has 2 atom stereocenters. The molecular formula is C20H26ClN3O3. The fourth-order valence-electron chi connectivity index (χ4n) is 3.03. The van der Waals surface area contributed by atoms with Gasteiger partial charge in [-0.25, -0.2) is 0 Å². The van der Waals surface area contributed by atoms with Crippen molar-refractivity contribution < 1.29 is 14.6 Å². The maximum absolute atomic E-state index is 12.3. The van der Waals surface area contributed by atoms with Crippen LogP contribution in [0.1, 0.15) is 15.9 Å². The van der Waals surface area contributed by atoms with Crippen LogP contribution in [0.5, 0.6) is 5.75 Å². The zero-order valence-electron chi connectivity index (χ0n) is 15.3. The van der Waals surface area contributed by atoms with E-state index in [2.05, 4.69) is 16.0 Å². The quantitative estimate of drug-likeness (QED) is 0.580. The van der Waals surface area contributed by atoms with Gasteiger partial charge in [0.15, 0.2) is 0 Å². The van der Waals surface area contributed by atoms with Gasteiger partial charge in [0.25, 0.3) is 5.91 Å². The molecule has 2 aromatic rings. The summed E-state index contributed by atoms with van der Waals surface area (Å²) in [7, 11) is 1.60. The van der Waals surface area contributed by atoms with Crippen molar-refractivity contribution in [3.8, 4) is 5.75 Å². The van der Waals surface area contributed by atoms with Crippen molar-refractivity contribution in [2.75, 3.05) is 32.1 Å². The second-order valence-corrected chi connectivity index (χ2v) is 6.50. The molecule has 6 nitrogen and oxygen atoms in total. The van der Waals surface area contributed by atoms with E-state index in [0.29, 0.717) is 18.7 Å². The number of halogens is 1. The SMILES string of the molecule is COc1ccc(C(=O)Nc2cccc(CNCC3CNCC3O)c2)cc1.Cl. The second-order valence-electron chi connectivity index (χ2n) is 6.50. The lowest BCUT2D eigenvalue weighted by Crippen LogP contribution is -2.30. The Morgan fingerprint density at radius 1 is 1.22 bits per heavy atom. The Labute approximate surface area is 165 Å². The lowest BCUT2D eigenvalue weighted by Gasteiger charge is -2.14. The molecule has 1 aliphatic rings. The minimum atomic E-state index is -0.280. The number of amides is 1. The number of anilines is 1. The molecule has 7 heteroatoms. The van der Waals surface area contributed by atoms with Gasteiger partial charge in [-0.15, -0.1) is 12.4 Å². The Hall–Kier alpha value is -2.12. The molecule has 1 heterocycles. The molecule has 0 radical (unpaired) electrons. The molecule has 0 aromatic heterocycles. The normalized spacial score (nSPS) is 18.6. The van der Waals surface area contributed by atoms with E-state index < -0.39 is 0 Å². The van der Waals surface area contributed by atoms with Gasteiger partial charge in [0.1, 0.15) is 5.75 Å². The largest absolute Gasteiger partial charge is 0.497 e. The number of hydrogen-bond donors (Lipinski definition) is 4. The molecule has 1 aliphatic heterocycles. The van der Waals surface area contributed by atoms with Gasteiger partial charge in [-0.05, 0) is 42.0 Å². The molecular weight excluding hydrogens is 366 g/mol. The van der Waals surface area contributed by atoms with Crippen molar-refractivity contribution in [3.05, 3.63) is 59.7 Å². The van der Waals surface area contributed by atoms with Gasteiger partial charge in [0.05, 0.1) is 13.2 Å². The number of β-amino-alcohol motifs (C(OH)–C–C–N with tert-alkyl or cyclic N) is 1. The number of carbonyl (C=O) groups excluding carboxylic acids is 1. The van der Waals surface area contributed by atoms with Crippen molar-refractivity contribution in [3.63, 3.8) is 0 Å². The Balaban J connectivity index is 0.00000261. The van der Waals surface area contributed by atoms with Crippen LogP contribution in [0.4, 0.5) is 5.69 Å². The number of ether oxygens (including phenoxy) is 1. The van der Waals surface area contributed by atoms with Crippen LogP contribution in [-0.2, 0) is 6.54 Å². The molecule has 0 bridgehead atoms. The van der Waals surface area contributed by atoms with E-state index in [-0.39, 0.29) is 30.3 Å². The molecule has 4 N–H and O–H groups in total. The molecule has 2 aromatic carbocycles. The molecule has 1 amide bonds. The molecule has 0 spiro atoms. The Morgan fingerprint density at radius 2 is 2.00 bits per heavy atom. The topological polar surface area (TPSA) is 82.6 Å². The maximum atomic E-state index is 12.3. The number of aliphatic hydroxyl groups excluding tert-OH is 1. The molecule has 27 heavy (non-hydrogen) atoms. The number of aliphatic hydroxyl groups is 1. The van der Waals surface area contributed by atoms with E-state index in [1.165, 1.54) is 0 Å². The van der Waals surface area contributed by atoms with Crippen molar-refractivity contribution in [2.24, 2.45) is 5.92 Å². The monoisotopic (exact) mass is 391 g/mol. The van der Waals surface area contributed by atoms with Gasteiger partial charge in [0, 0.05) is 43.3 Å². The summed E-state index contributed by atoms with van der Waals surface area (Å²) in [6.45, 7) is 2.96. The van der Waals surface area contributed by atoms with Gasteiger partial charge < -0.3 is 25.8 Å². The first-order valence-corrected chi connectivity index (χ1v) is 8.79. The number of carbonyl (C=O) groups is 1. The molecule has 3 rings (SSSR count). The number of nitrogens with one attached hydrogen (secondary N) is 3. The Bertz CT molecular complexity index is 740. The molecule has 1 saturated heterocycles. The van der Waals surface area contributed by atoms with E-state index in [1.54, 1.807) is 31.4 Å². The lowest BCUT2D eigenvalue weighted by atomic mass is 10.1. The number of hydrogen-bond acceptors (Lipinski definition) is 5. The van der Waals surface area contributed by atoms with Gasteiger partial charge in [0.2, 0.25) is 0 Å². The average Bonchev–Trinajstić information content (AvgIpc) is 3.07. The van der Waals surface area contributed by atoms with Gasteiger partial charge in [-0.1, -0.05) is 12.1 Å². The highest BCUT2D eigenvalue weighted by Gasteiger charge is 2.23. The van der Waals surface area contributed by atoms with Crippen LogP contribution in [0.2, 0.25) is 0 Å². The van der Waals surface area contributed by atoms with Crippen LogP contribution in [0.3, 0.4) is 0 Å². The Morgan fingerprint density at radius 3 is 2.67 bits per heavy atom. The number of methoxy groups -OCH3 is 1. The molecule has 2 unspecified atom stereocenters. The van der Waals surface area contributed by atoms with E-state index in [4.69, 9.17) is 4.74 Å². The van der Waals surface area contributed by atoms with Gasteiger partial charge in [-0.3, -0.25) is 4.79 Å². The van der Waals surface area contributed by atoms with E-state index in [1.807, 2.05) is 24.3 Å². The van der Waals surface area contributed by atoms with Crippen LogP contribution < -0.4 is 20.7 Å². The minimum absolute atomic E-state index is 0. The summed E-state index contributed by atoms with van der Waals surface area (Å²) in [6, 6.07) is 14.8. The van der Waals surface area contributed by atoms with Crippen LogP contribution in [0.15, 0.2) is 48.5 Å². The predicted molar refractivity (Wildman–Crippen MR) is 109 cm³/mol. The van der Waals surface area contributed by atoms with Crippen molar-refractivity contribution in [1.82, 2.24) is 10.6 Å². The van der Waals surface area contributed by atoms with Crippen molar-refractivity contribution >= 4 is 24.0 Å². The van der Waals surface area contributed by atoms with E-state index in [0.717, 1.165) is 30.1 Å². The van der Waals surface area contributed by atoms with E-state index in [9.17, 15) is 9.90 Å². The third-order valence-electron chi connectivity index (χ3n) is 4.58. The fourth-order valence-corrected chi connectivity index (χ4v) is 3.03. The predicted octanol–water partition coefficient (Wildman–Crippen LogP) is 2.04. The smallest absolute Gasteiger partial charge is 0.255 e. The lowest BCUT2D eigenvalue weighted by molar-refractivity contribution is 0.102. The zero-order valence-corrected chi connectivity index (χ0v) is 16.1. The molecule has 1 fully saturated rings. The summed E-state index contributed by atoms with van der Waals surface area (Å²) in [5.74, 6) is 0.808. The first-order valence-electron chi connectivity index (χ1n) is 8.79. The number of benzene rings is 2. The molecule has 0 saturated carbocycles. The summed E-state index contributed by atoms with van der Waals surface area (Å²) >= 11 is 0. The maximum Gasteiger partial charge on any atom is 0.255 e. The highest BCUT2D eigenvalue weighted by atomic mass is 35.5. The molecule has 146 valence electrons. The first-order chi connectivity index (χ1) is 12.7. The van der Waals surface area contributed by atoms with Crippen LogP contribution in [0.25, 0.3) is 0 Å². The minimum Gasteiger partial charge on any atom is -0.497 e. The standard InChI is InChI=1S/C20H25N3O3.ClH/c1-26-18-7-5-15(6-8-18)20(25)23-17-4-2-3-14(9-17)10-21-11-16-12-22-13-19(16)24;/h2-9,16,19,21-22,24H,10-13H2,1H3,(H,23,25);1H. The van der Waals surface area contributed by atoms with Gasteiger partial charge in [-0.2, -0.15) is 0 Å². The van der Waals surface area contributed by atoms with E-state index >= 15 is 0 Å². The van der Waals surface area contributed by atoms with Crippen LogP contribution in [0, 0.1) is 5.92 Å². The van der Waals surface area contributed by atoms with Crippen LogP contribution >= 0.6 is 12.4 Å². The third kappa shape index (κ3) is 5.94. The van der Waals surface area contributed by atoms with Crippen molar-refractivity contribution in [2.45, 2.75) is 12.6 Å². The third-order valence-corrected chi connectivity index (χ3v) is 4.58. The van der Waals surface area contributed by atoms with Crippen molar-refractivity contribution in [1.29, 1.82) is 0 Å². The van der Waals surface area contributed by atoms with Crippen LogP contribution in [-0.4, -0.2) is 43.9 Å². The zero-order chi connectivity index (χ0) is 18.4. The van der Waals surface area contributed by atoms with Gasteiger partial charge >= 0.3 is 0 Å². The summed E-state index contributed by atoms with van der Waals surface area (Å²) in [4.78, 5) is 12.3. The summed E-state index contributed by atoms with van der Waals surface area (Å²) < 4.78 is 5.11. The highest BCUT2D eigenvalue weighted by Crippen LogP contribution is 2.15. The molecule has 0 aliphatic carbocycles. The summed E-state index contributed by atoms with van der Waals surface area (Å²) in [5, 5.41) is 19.3. The summed E-state index contributed by atoms with van der Waals surface area (Å²) in [6.07, 6.45) is -0.280.